The fourth-order valence-electron chi connectivity index (χ4n) is 2.25. The lowest BCUT2D eigenvalue weighted by molar-refractivity contribution is -0.122. The summed E-state index contributed by atoms with van der Waals surface area (Å²) in [6.45, 7) is 2.14. The summed E-state index contributed by atoms with van der Waals surface area (Å²) in [5.74, 6) is -0.646. The predicted molar refractivity (Wildman–Crippen MR) is 93.1 cm³/mol. The fourth-order valence-corrected chi connectivity index (χ4v) is 2.92. The molecule has 0 radical (unpaired) electrons. The molecular weight excluding hydrogens is 413 g/mol. The molecule has 0 fully saturated rings. The van der Waals surface area contributed by atoms with Crippen molar-refractivity contribution in [3.05, 3.63) is 68.4 Å². The van der Waals surface area contributed by atoms with E-state index in [0.717, 1.165) is 14.5 Å². The van der Waals surface area contributed by atoms with E-state index >= 15 is 0 Å². The van der Waals surface area contributed by atoms with E-state index in [2.05, 4.69) is 37.2 Å². The van der Waals surface area contributed by atoms with Gasteiger partial charge in [-0.1, -0.05) is 50.9 Å². The van der Waals surface area contributed by atoms with Crippen molar-refractivity contribution >= 4 is 37.8 Å². The maximum absolute atomic E-state index is 13.7. The van der Waals surface area contributed by atoms with E-state index in [9.17, 15) is 9.18 Å². The first-order valence-corrected chi connectivity index (χ1v) is 8.57. The van der Waals surface area contributed by atoms with E-state index in [1.807, 2.05) is 31.2 Å². The standard InChI is InChI=1S/C17H16Br2FNO/c1-2-15(11-3-5-13(18)6-4-11)17(22)21-10-12-9-14(19)7-8-16(12)20/h3-9,15H,2,10H2,1H3,(H,21,22). The molecule has 2 aromatic rings. The van der Waals surface area contributed by atoms with E-state index in [1.54, 1.807) is 12.1 Å². The zero-order valence-electron chi connectivity index (χ0n) is 12.1. The Kier molecular flexibility index (Phi) is 6.15. The zero-order valence-corrected chi connectivity index (χ0v) is 15.2. The summed E-state index contributed by atoms with van der Waals surface area (Å²) in [6, 6.07) is 12.4. The van der Waals surface area contributed by atoms with Gasteiger partial charge in [0.2, 0.25) is 5.91 Å². The van der Waals surface area contributed by atoms with Crippen LogP contribution in [0.2, 0.25) is 0 Å². The summed E-state index contributed by atoms with van der Waals surface area (Å²) < 4.78 is 15.5. The minimum absolute atomic E-state index is 0.0933. The largest absolute Gasteiger partial charge is 0.351 e. The van der Waals surface area contributed by atoms with Crippen LogP contribution in [0.25, 0.3) is 0 Å². The van der Waals surface area contributed by atoms with Crippen LogP contribution in [0.15, 0.2) is 51.4 Å². The van der Waals surface area contributed by atoms with Crippen LogP contribution >= 0.6 is 31.9 Å². The van der Waals surface area contributed by atoms with Gasteiger partial charge in [-0.05, 0) is 42.3 Å². The number of carbonyl (C=O) groups is 1. The van der Waals surface area contributed by atoms with Crippen molar-refractivity contribution in [2.75, 3.05) is 0 Å². The molecule has 0 saturated heterocycles. The van der Waals surface area contributed by atoms with E-state index in [0.29, 0.717) is 12.0 Å². The molecule has 0 spiro atoms. The van der Waals surface area contributed by atoms with Gasteiger partial charge in [0, 0.05) is 21.1 Å². The highest BCUT2D eigenvalue weighted by Gasteiger charge is 2.18. The second-order valence-electron chi connectivity index (χ2n) is 4.97. The van der Waals surface area contributed by atoms with Crippen molar-refractivity contribution in [1.29, 1.82) is 0 Å². The maximum Gasteiger partial charge on any atom is 0.227 e. The van der Waals surface area contributed by atoms with E-state index in [4.69, 9.17) is 0 Å². The van der Waals surface area contributed by atoms with Gasteiger partial charge in [-0.3, -0.25) is 4.79 Å². The number of carbonyl (C=O) groups excluding carboxylic acids is 1. The molecule has 0 saturated carbocycles. The Morgan fingerprint density at radius 2 is 1.77 bits per heavy atom. The quantitative estimate of drug-likeness (QED) is 0.699. The van der Waals surface area contributed by atoms with Gasteiger partial charge in [0.25, 0.3) is 0 Å². The van der Waals surface area contributed by atoms with Gasteiger partial charge in [0.05, 0.1) is 5.92 Å². The van der Waals surface area contributed by atoms with Gasteiger partial charge in [-0.15, -0.1) is 0 Å². The van der Waals surface area contributed by atoms with Crippen LogP contribution in [-0.4, -0.2) is 5.91 Å². The van der Waals surface area contributed by atoms with Gasteiger partial charge in [0.1, 0.15) is 5.82 Å². The number of nitrogens with one attached hydrogen (secondary N) is 1. The summed E-state index contributed by atoms with van der Waals surface area (Å²) in [5, 5.41) is 2.82. The normalized spacial score (nSPS) is 12.0. The average molecular weight is 429 g/mol. The first-order chi connectivity index (χ1) is 10.5. The second-order valence-corrected chi connectivity index (χ2v) is 6.80. The molecular formula is C17H16Br2FNO. The molecule has 1 amide bonds. The van der Waals surface area contributed by atoms with Crippen molar-refractivity contribution in [3.8, 4) is 0 Å². The summed E-state index contributed by atoms with van der Waals surface area (Å²) in [6.07, 6.45) is 0.689. The molecule has 0 aromatic heterocycles. The van der Waals surface area contributed by atoms with Crippen LogP contribution in [0.5, 0.6) is 0 Å². The van der Waals surface area contributed by atoms with Crippen molar-refractivity contribution in [3.63, 3.8) is 0 Å². The SMILES string of the molecule is CCC(C(=O)NCc1cc(Br)ccc1F)c1ccc(Br)cc1. The maximum atomic E-state index is 13.7. The molecule has 1 unspecified atom stereocenters. The van der Waals surface area contributed by atoms with Crippen LogP contribution in [-0.2, 0) is 11.3 Å². The molecule has 2 rings (SSSR count). The van der Waals surface area contributed by atoms with E-state index in [1.165, 1.54) is 6.07 Å². The van der Waals surface area contributed by atoms with Crippen LogP contribution in [0, 0.1) is 5.82 Å². The number of rotatable bonds is 5. The molecule has 1 atom stereocenters. The molecule has 0 aliphatic heterocycles. The summed E-state index contributed by atoms with van der Waals surface area (Å²) >= 11 is 6.69. The Morgan fingerprint density at radius 1 is 1.14 bits per heavy atom. The van der Waals surface area contributed by atoms with Crippen molar-refractivity contribution < 1.29 is 9.18 Å². The molecule has 0 aliphatic carbocycles. The van der Waals surface area contributed by atoms with E-state index in [-0.39, 0.29) is 24.2 Å². The molecule has 5 heteroatoms. The second kappa shape index (κ2) is 7.88. The lowest BCUT2D eigenvalue weighted by atomic mass is 9.95. The highest BCUT2D eigenvalue weighted by molar-refractivity contribution is 9.10. The minimum atomic E-state index is -0.319. The third-order valence-electron chi connectivity index (χ3n) is 3.46. The molecule has 0 heterocycles. The van der Waals surface area contributed by atoms with Crippen LogP contribution in [0.1, 0.15) is 30.4 Å². The molecule has 0 bridgehead atoms. The fraction of sp³-hybridized carbons (Fsp3) is 0.235. The molecule has 22 heavy (non-hydrogen) atoms. The summed E-state index contributed by atoms with van der Waals surface area (Å²) in [5.41, 5.74) is 1.42. The Morgan fingerprint density at radius 3 is 2.41 bits per heavy atom. The van der Waals surface area contributed by atoms with Crippen LogP contribution in [0.3, 0.4) is 0 Å². The Labute approximate surface area is 146 Å². The monoisotopic (exact) mass is 427 g/mol. The highest BCUT2D eigenvalue weighted by Crippen LogP contribution is 2.22. The van der Waals surface area contributed by atoms with E-state index < -0.39 is 0 Å². The number of benzene rings is 2. The van der Waals surface area contributed by atoms with Gasteiger partial charge in [-0.25, -0.2) is 4.39 Å². The van der Waals surface area contributed by atoms with Crippen molar-refractivity contribution in [2.24, 2.45) is 0 Å². The topological polar surface area (TPSA) is 29.1 Å². The highest BCUT2D eigenvalue weighted by atomic mass is 79.9. The smallest absolute Gasteiger partial charge is 0.227 e. The molecule has 2 aromatic carbocycles. The van der Waals surface area contributed by atoms with Gasteiger partial charge >= 0.3 is 0 Å². The Bertz CT molecular complexity index is 658. The Hall–Kier alpha value is -1.20. The molecule has 116 valence electrons. The lowest BCUT2D eigenvalue weighted by Gasteiger charge is -2.16. The number of amides is 1. The predicted octanol–water partition coefficient (Wildman–Crippen LogP) is 5.16. The molecule has 0 aliphatic rings. The number of halogens is 3. The summed E-state index contributed by atoms with van der Waals surface area (Å²) in [4.78, 5) is 12.4. The third kappa shape index (κ3) is 4.40. The first-order valence-electron chi connectivity index (χ1n) is 6.98. The summed E-state index contributed by atoms with van der Waals surface area (Å²) in [7, 11) is 0. The Balaban J connectivity index is 2.06. The lowest BCUT2D eigenvalue weighted by Crippen LogP contribution is -2.29. The average Bonchev–Trinajstić information content (AvgIpc) is 2.51. The van der Waals surface area contributed by atoms with Crippen LogP contribution < -0.4 is 5.32 Å². The van der Waals surface area contributed by atoms with Crippen molar-refractivity contribution in [2.45, 2.75) is 25.8 Å². The molecule has 1 N–H and O–H groups in total. The van der Waals surface area contributed by atoms with Gasteiger partial charge < -0.3 is 5.32 Å². The minimum Gasteiger partial charge on any atom is -0.351 e. The van der Waals surface area contributed by atoms with Crippen molar-refractivity contribution in [1.82, 2.24) is 5.32 Å². The zero-order chi connectivity index (χ0) is 16.1. The first kappa shape index (κ1) is 17.2. The number of hydrogen-bond acceptors (Lipinski definition) is 1. The van der Waals surface area contributed by atoms with Gasteiger partial charge in [-0.2, -0.15) is 0 Å². The number of hydrogen-bond donors (Lipinski definition) is 1. The molecule has 2 nitrogen and oxygen atoms in total. The third-order valence-corrected chi connectivity index (χ3v) is 4.48. The van der Waals surface area contributed by atoms with Crippen LogP contribution in [0.4, 0.5) is 4.39 Å². The van der Waals surface area contributed by atoms with Gasteiger partial charge in [0.15, 0.2) is 0 Å².